The highest BCUT2D eigenvalue weighted by Gasteiger charge is 2.39. The van der Waals surface area contributed by atoms with Crippen LogP contribution in [0.3, 0.4) is 0 Å². The smallest absolute Gasteiger partial charge is 0.241 e. The molecule has 1 aromatic carbocycles. The van der Waals surface area contributed by atoms with E-state index in [4.69, 9.17) is 0 Å². The summed E-state index contributed by atoms with van der Waals surface area (Å²) in [5.41, 5.74) is 0.340. The van der Waals surface area contributed by atoms with Crippen LogP contribution in [0.2, 0.25) is 0 Å². The normalized spacial score (nSPS) is 26.8. The molecule has 2 aliphatic rings. The lowest BCUT2D eigenvalue weighted by Gasteiger charge is -2.27. The highest BCUT2D eigenvalue weighted by molar-refractivity contribution is 5.84. The fraction of sp³-hybridized carbons (Fsp3) is 0.562. The number of benzene rings is 1. The van der Waals surface area contributed by atoms with E-state index in [2.05, 4.69) is 5.32 Å². The maximum absolute atomic E-state index is 14.0. The molecule has 1 aliphatic carbocycles. The van der Waals surface area contributed by atoms with Gasteiger partial charge in [-0.15, -0.1) is 0 Å². The van der Waals surface area contributed by atoms with E-state index in [-0.39, 0.29) is 11.9 Å². The lowest BCUT2D eigenvalue weighted by Crippen LogP contribution is -2.35. The highest BCUT2D eigenvalue weighted by Crippen LogP contribution is 2.32. The first kappa shape index (κ1) is 14.4. The summed E-state index contributed by atoms with van der Waals surface area (Å²) in [4.78, 5) is 14.0. The summed E-state index contributed by atoms with van der Waals surface area (Å²) in [5.74, 6) is -0.718. The van der Waals surface area contributed by atoms with E-state index >= 15 is 0 Å². The van der Waals surface area contributed by atoms with Gasteiger partial charge in [-0.05, 0) is 37.8 Å². The van der Waals surface area contributed by atoms with Crippen LogP contribution in [0, 0.1) is 17.6 Å². The fourth-order valence-electron chi connectivity index (χ4n) is 3.42. The number of amides is 1. The van der Waals surface area contributed by atoms with Gasteiger partial charge in [0, 0.05) is 18.2 Å². The van der Waals surface area contributed by atoms with Gasteiger partial charge in [-0.3, -0.25) is 10.1 Å². The van der Waals surface area contributed by atoms with Crippen molar-refractivity contribution in [3.05, 3.63) is 35.4 Å². The average molecular weight is 294 g/mol. The van der Waals surface area contributed by atoms with Gasteiger partial charge < -0.3 is 4.90 Å². The van der Waals surface area contributed by atoms with Crippen LogP contribution in [0.25, 0.3) is 0 Å². The Labute approximate surface area is 123 Å². The SMILES string of the molecule is CC1NC(c2ccc(F)cc2F)N(CC2CCCC2)C1=O. The molecule has 2 atom stereocenters. The number of rotatable bonds is 3. The molecule has 2 unspecified atom stereocenters. The third-order valence-electron chi connectivity index (χ3n) is 4.56. The zero-order valence-corrected chi connectivity index (χ0v) is 12.1. The summed E-state index contributed by atoms with van der Waals surface area (Å²) >= 11 is 0. The fourth-order valence-corrected chi connectivity index (χ4v) is 3.42. The Kier molecular flexibility index (Phi) is 3.93. The lowest BCUT2D eigenvalue weighted by molar-refractivity contribution is -0.130. The molecule has 1 N–H and O–H groups in total. The predicted octanol–water partition coefficient (Wildman–Crippen LogP) is 2.97. The predicted molar refractivity (Wildman–Crippen MR) is 75.4 cm³/mol. The van der Waals surface area contributed by atoms with E-state index in [1.54, 1.807) is 11.8 Å². The summed E-state index contributed by atoms with van der Waals surface area (Å²) in [5, 5.41) is 3.12. The molecule has 3 rings (SSSR count). The van der Waals surface area contributed by atoms with Crippen molar-refractivity contribution in [1.29, 1.82) is 0 Å². The lowest BCUT2D eigenvalue weighted by atomic mass is 10.1. The maximum Gasteiger partial charge on any atom is 0.241 e. The second kappa shape index (κ2) is 5.72. The summed E-state index contributed by atoms with van der Waals surface area (Å²) in [6.45, 7) is 2.43. The van der Waals surface area contributed by atoms with Crippen molar-refractivity contribution in [3.63, 3.8) is 0 Å². The minimum Gasteiger partial charge on any atom is -0.321 e. The van der Waals surface area contributed by atoms with Crippen LogP contribution < -0.4 is 5.32 Å². The molecule has 0 bridgehead atoms. The molecule has 1 amide bonds. The van der Waals surface area contributed by atoms with Gasteiger partial charge in [-0.25, -0.2) is 8.78 Å². The van der Waals surface area contributed by atoms with Gasteiger partial charge in [0.05, 0.1) is 6.04 Å². The Morgan fingerprint density at radius 2 is 2.00 bits per heavy atom. The number of hydrogen-bond donors (Lipinski definition) is 1. The van der Waals surface area contributed by atoms with Crippen LogP contribution >= 0.6 is 0 Å². The molecular weight excluding hydrogens is 274 g/mol. The molecule has 1 saturated heterocycles. The van der Waals surface area contributed by atoms with Crippen LogP contribution in [-0.2, 0) is 4.79 Å². The maximum atomic E-state index is 14.0. The first-order valence-electron chi connectivity index (χ1n) is 7.57. The minimum absolute atomic E-state index is 0.00405. The summed E-state index contributed by atoms with van der Waals surface area (Å²) in [6.07, 6.45) is 4.15. The van der Waals surface area contributed by atoms with Crippen molar-refractivity contribution in [2.24, 2.45) is 5.92 Å². The highest BCUT2D eigenvalue weighted by atomic mass is 19.1. The molecule has 0 radical (unpaired) electrons. The van der Waals surface area contributed by atoms with Crippen LogP contribution in [0.5, 0.6) is 0 Å². The van der Waals surface area contributed by atoms with Crippen molar-refractivity contribution < 1.29 is 13.6 Å². The molecule has 1 aliphatic heterocycles. The van der Waals surface area contributed by atoms with Gasteiger partial charge in [-0.1, -0.05) is 12.8 Å². The number of halogens is 2. The van der Waals surface area contributed by atoms with Crippen LogP contribution in [0.15, 0.2) is 18.2 Å². The summed E-state index contributed by atoms with van der Waals surface area (Å²) < 4.78 is 27.1. The Bertz CT molecular complexity index is 543. The summed E-state index contributed by atoms with van der Waals surface area (Å²) in [7, 11) is 0. The third kappa shape index (κ3) is 2.79. The largest absolute Gasteiger partial charge is 0.321 e. The Morgan fingerprint density at radius 3 is 2.67 bits per heavy atom. The second-order valence-electron chi connectivity index (χ2n) is 6.10. The van der Waals surface area contributed by atoms with Crippen LogP contribution in [0.4, 0.5) is 8.78 Å². The van der Waals surface area contributed by atoms with Gasteiger partial charge in [0.15, 0.2) is 0 Å². The zero-order chi connectivity index (χ0) is 15.0. The average Bonchev–Trinajstić information content (AvgIpc) is 3.03. The topological polar surface area (TPSA) is 32.3 Å². The van der Waals surface area contributed by atoms with E-state index in [0.29, 0.717) is 18.0 Å². The molecule has 2 fully saturated rings. The van der Waals surface area contributed by atoms with Gasteiger partial charge in [-0.2, -0.15) is 0 Å². The Morgan fingerprint density at radius 1 is 1.29 bits per heavy atom. The third-order valence-corrected chi connectivity index (χ3v) is 4.56. The Hall–Kier alpha value is -1.49. The first-order valence-corrected chi connectivity index (χ1v) is 7.57. The molecule has 0 aromatic heterocycles. The first-order chi connectivity index (χ1) is 10.1. The van der Waals surface area contributed by atoms with E-state index in [1.807, 2.05) is 0 Å². The Balaban J connectivity index is 1.85. The summed E-state index contributed by atoms with van der Waals surface area (Å²) in [6, 6.07) is 3.20. The number of carbonyl (C=O) groups excluding carboxylic acids is 1. The number of hydrogen-bond acceptors (Lipinski definition) is 2. The minimum atomic E-state index is -0.606. The van der Waals surface area contributed by atoms with E-state index in [9.17, 15) is 13.6 Å². The van der Waals surface area contributed by atoms with Gasteiger partial charge >= 0.3 is 0 Å². The van der Waals surface area contributed by atoms with Gasteiger partial charge in [0.25, 0.3) is 0 Å². The van der Waals surface area contributed by atoms with Crippen LogP contribution in [-0.4, -0.2) is 23.4 Å². The van der Waals surface area contributed by atoms with Crippen molar-refractivity contribution in [1.82, 2.24) is 10.2 Å². The molecular formula is C16H20F2N2O. The van der Waals surface area contributed by atoms with Crippen molar-refractivity contribution in [3.8, 4) is 0 Å². The molecule has 0 spiro atoms. The van der Waals surface area contributed by atoms with Crippen molar-refractivity contribution in [2.45, 2.75) is 44.8 Å². The van der Waals surface area contributed by atoms with E-state index < -0.39 is 17.8 Å². The second-order valence-corrected chi connectivity index (χ2v) is 6.10. The quantitative estimate of drug-likeness (QED) is 0.929. The molecule has 114 valence electrons. The number of nitrogens with zero attached hydrogens (tertiary/aromatic N) is 1. The number of carbonyl (C=O) groups is 1. The zero-order valence-electron chi connectivity index (χ0n) is 12.1. The molecule has 21 heavy (non-hydrogen) atoms. The standard InChI is InChI=1S/C16H20F2N2O/c1-10-16(21)20(9-11-4-2-3-5-11)15(19-10)13-7-6-12(17)8-14(13)18/h6-8,10-11,15,19H,2-5,9H2,1H3. The molecule has 1 heterocycles. The molecule has 3 nitrogen and oxygen atoms in total. The van der Waals surface area contributed by atoms with Gasteiger partial charge in [0.1, 0.15) is 17.8 Å². The monoisotopic (exact) mass is 294 g/mol. The van der Waals surface area contributed by atoms with Gasteiger partial charge in [0.2, 0.25) is 5.91 Å². The number of nitrogens with one attached hydrogen (secondary N) is 1. The van der Waals surface area contributed by atoms with E-state index in [1.165, 1.54) is 25.0 Å². The molecule has 1 aromatic rings. The molecule has 1 saturated carbocycles. The van der Waals surface area contributed by atoms with Crippen LogP contribution in [0.1, 0.15) is 44.3 Å². The molecule has 5 heteroatoms. The van der Waals surface area contributed by atoms with Crippen molar-refractivity contribution >= 4 is 5.91 Å². The van der Waals surface area contributed by atoms with Crippen molar-refractivity contribution in [2.75, 3.05) is 6.54 Å². The van der Waals surface area contributed by atoms with E-state index in [0.717, 1.165) is 18.9 Å².